The lowest BCUT2D eigenvalue weighted by Gasteiger charge is -2.28. The molecule has 13 rings (SSSR count). The number of anilines is 3. The van der Waals surface area contributed by atoms with Crippen molar-refractivity contribution in [2.45, 2.75) is 12.8 Å². The zero-order valence-electron chi connectivity index (χ0n) is 37.4. The molecule has 0 amide bonds. The number of rotatable bonds is 10. The highest BCUT2D eigenvalue weighted by Crippen LogP contribution is 2.49. The summed E-state index contributed by atoms with van der Waals surface area (Å²) < 4.78 is 6.51. The third-order valence-corrected chi connectivity index (χ3v) is 13.9. The van der Waals surface area contributed by atoms with Crippen molar-refractivity contribution >= 4 is 49.8 Å². The molecule has 0 saturated heterocycles. The molecule has 0 saturated carbocycles. The second kappa shape index (κ2) is 16.6. The molecule has 0 unspecified atom stereocenters. The van der Waals surface area contributed by atoms with Gasteiger partial charge in [0.1, 0.15) is 11.2 Å². The van der Waals surface area contributed by atoms with Crippen LogP contribution < -0.4 is 4.90 Å². The number of furan rings is 1. The van der Waals surface area contributed by atoms with Gasteiger partial charge in [0.25, 0.3) is 0 Å². The minimum Gasteiger partial charge on any atom is -0.455 e. The van der Waals surface area contributed by atoms with Gasteiger partial charge in [0.2, 0.25) is 0 Å². The number of nitrogens with zero attached hydrogens (tertiary/aromatic N) is 1. The summed E-state index contributed by atoms with van der Waals surface area (Å²) in [5.74, 6) is 0. The average molecular weight is 868 g/mol. The predicted octanol–water partition coefficient (Wildman–Crippen LogP) is 18.0. The van der Waals surface area contributed by atoms with Crippen LogP contribution in [0.3, 0.4) is 0 Å². The topological polar surface area (TPSA) is 16.4 Å². The van der Waals surface area contributed by atoms with Gasteiger partial charge in [-0.1, -0.05) is 200 Å². The van der Waals surface area contributed by atoms with Crippen LogP contribution in [0.25, 0.3) is 88.3 Å². The third-order valence-electron chi connectivity index (χ3n) is 13.9. The van der Waals surface area contributed by atoms with E-state index in [1.165, 1.54) is 77.5 Å². The molecule has 0 aliphatic heterocycles. The number of fused-ring (bicyclic) bond motifs is 6. The molecule has 1 heterocycles. The minimum absolute atomic E-state index is 0.794. The molecule has 320 valence electrons. The van der Waals surface area contributed by atoms with E-state index in [-0.39, 0.29) is 0 Å². The van der Waals surface area contributed by atoms with E-state index in [9.17, 15) is 0 Å². The molecule has 0 N–H and O–H groups in total. The van der Waals surface area contributed by atoms with Crippen LogP contribution in [0, 0.1) is 0 Å². The third kappa shape index (κ3) is 6.98. The maximum Gasteiger partial charge on any atom is 0.143 e. The van der Waals surface area contributed by atoms with Crippen LogP contribution in [0.1, 0.15) is 22.3 Å². The van der Waals surface area contributed by atoms with Gasteiger partial charge in [-0.05, 0) is 144 Å². The summed E-state index contributed by atoms with van der Waals surface area (Å²) in [6, 6.07) is 90.8. The van der Waals surface area contributed by atoms with Gasteiger partial charge in [-0.15, -0.1) is 0 Å². The lowest BCUT2D eigenvalue weighted by atomic mass is 9.89. The first-order valence-corrected chi connectivity index (χ1v) is 23.6. The van der Waals surface area contributed by atoms with E-state index in [0.717, 1.165) is 63.0 Å². The number of para-hydroxylation sites is 2. The van der Waals surface area contributed by atoms with Crippen LogP contribution in [-0.4, -0.2) is 0 Å². The smallest absolute Gasteiger partial charge is 0.143 e. The largest absolute Gasteiger partial charge is 0.455 e. The molecule has 0 spiro atoms. The van der Waals surface area contributed by atoms with Crippen molar-refractivity contribution in [3.63, 3.8) is 0 Å². The van der Waals surface area contributed by atoms with Crippen molar-refractivity contribution in [2.24, 2.45) is 0 Å². The zero-order valence-corrected chi connectivity index (χ0v) is 37.4. The van der Waals surface area contributed by atoms with Crippen LogP contribution in [-0.2, 0) is 12.8 Å². The van der Waals surface area contributed by atoms with E-state index in [4.69, 9.17) is 4.42 Å². The van der Waals surface area contributed by atoms with E-state index in [0.29, 0.717) is 0 Å². The van der Waals surface area contributed by atoms with Crippen molar-refractivity contribution in [1.29, 1.82) is 0 Å². The number of hydrogen-bond acceptors (Lipinski definition) is 2. The highest BCUT2D eigenvalue weighted by atomic mass is 16.3. The number of benzene rings is 11. The molecule has 11 aromatic carbocycles. The van der Waals surface area contributed by atoms with Crippen molar-refractivity contribution in [1.82, 2.24) is 0 Å². The van der Waals surface area contributed by atoms with E-state index >= 15 is 0 Å². The summed E-state index contributed by atoms with van der Waals surface area (Å²) in [5, 5.41) is 4.89. The Morgan fingerprint density at radius 2 is 0.868 bits per heavy atom. The van der Waals surface area contributed by atoms with Gasteiger partial charge in [0.05, 0.1) is 0 Å². The van der Waals surface area contributed by atoms with E-state index < -0.39 is 0 Å². The first kappa shape index (κ1) is 39.6. The summed E-state index contributed by atoms with van der Waals surface area (Å²) in [4.78, 5) is 2.42. The maximum atomic E-state index is 6.51. The van der Waals surface area contributed by atoms with Gasteiger partial charge in [-0.2, -0.15) is 0 Å². The Kier molecular flexibility index (Phi) is 9.68. The highest BCUT2D eigenvalue weighted by molar-refractivity contribution is 6.15. The maximum absolute atomic E-state index is 6.51. The van der Waals surface area contributed by atoms with Crippen molar-refractivity contribution in [2.75, 3.05) is 4.90 Å². The lowest BCUT2D eigenvalue weighted by molar-refractivity contribution is 0.670. The summed E-state index contributed by atoms with van der Waals surface area (Å²) in [7, 11) is 0. The Balaban J connectivity index is 0.955. The molecule has 0 radical (unpaired) electrons. The van der Waals surface area contributed by atoms with Crippen LogP contribution in [0.5, 0.6) is 0 Å². The van der Waals surface area contributed by atoms with Gasteiger partial charge in [-0.3, -0.25) is 0 Å². The first-order chi connectivity index (χ1) is 33.7. The van der Waals surface area contributed by atoms with E-state index in [1.807, 2.05) is 6.07 Å². The SMILES string of the molecule is c1ccc(Cc2ccccc2-c2ccc(N(c3ccc(-c4cccc5c4oc4ccccc45)cc3)c3cccc(-c4ccc5c(c4)-c4cccc6cccc-5c46)c3)cc2Cc2ccccc2)cc1. The van der Waals surface area contributed by atoms with Gasteiger partial charge < -0.3 is 9.32 Å². The second-order valence-electron chi connectivity index (χ2n) is 18.0. The zero-order chi connectivity index (χ0) is 45.0. The van der Waals surface area contributed by atoms with Gasteiger partial charge in [0, 0.05) is 33.4 Å². The molecule has 0 fully saturated rings. The monoisotopic (exact) mass is 867 g/mol. The fraction of sp³-hybridized carbons (Fsp3) is 0.0303. The minimum atomic E-state index is 0.794. The molecule has 2 heteroatoms. The molecule has 12 aromatic rings. The summed E-state index contributed by atoms with van der Waals surface area (Å²) >= 11 is 0. The van der Waals surface area contributed by atoms with Crippen LogP contribution in [0.2, 0.25) is 0 Å². The fourth-order valence-electron chi connectivity index (χ4n) is 10.7. The molecule has 2 nitrogen and oxygen atoms in total. The second-order valence-corrected chi connectivity index (χ2v) is 18.0. The molecular formula is C66H45NO. The Hall–Kier alpha value is -8.72. The van der Waals surface area contributed by atoms with Crippen LogP contribution in [0.15, 0.2) is 253 Å². The molecule has 0 bridgehead atoms. The Morgan fingerprint density at radius 1 is 0.309 bits per heavy atom. The van der Waals surface area contributed by atoms with Gasteiger partial charge in [0.15, 0.2) is 0 Å². The standard InChI is InChI=1S/C66H45NO/c1-3-15-44(16-4-1)39-50-19-7-8-24-55(50)56-38-36-54(42-51(56)40-45-17-5-2-6-18-45)67(52-34-31-46(32-35-52)57-26-14-29-62-59-25-9-10-30-64(59)68-66(57)62)53-23-11-22-48(41-53)49-33-37-58-60-27-12-20-47-21-13-28-61(65(47)60)63(58)43-49/h1-38,41-43H,39-40H2. The molecule has 1 aliphatic rings. The van der Waals surface area contributed by atoms with Gasteiger partial charge in [-0.25, -0.2) is 0 Å². The lowest BCUT2D eigenvalue weighted by Crippen LogP contribution is -2.11. The molecule has 1 aliphatic carbocycles. The quantitative estimate of drug-likeness (QED) is 0.136. The Morgan fingerprint density at radius 3 is 1.68 bits per heavy atom. The van der Waals surface area contributed by atoms with Crippen LogP contribution in [0.4, 0.5) is 17.1 Å². The highest BCUT2D eigenvalue weighted by Gasteiger charge is 2.23. The van der Waals surface area contributed by atoms with Crippen molar-refractivity contribution in [3.8, 4) is 55.6 Å². The summed E-state index contributed by atoms with van der Waals surface area (Å²) in [6.07, 6.45) is 1.66. The van der Waals surface area contributed by atoms with Gasteiger partial charge >= 0.3 is 0 Å². The molecule has 0 atom stereocenters. The summed E-state index contributed by atoms with van der Waals surface area (Å²) in [5.41, 5.74) is 22.5. The normalized spacial score (nSPS) is 11.6. The summed E-state index contributed by atoms with van der Waals surface area (Å²) in [6.45, 7) is 0. The average Bonchev–Trinajstić information content (AvgIpc) is 3.94. The van der Waals surface area contributed by atoms with E-state index in [2.05, 4.69) is 248 Å². The van der Waals surface area contributed by atoms with Crippen LogP contribution >= 0.6 is 0 Å². The number of hydrogen-bond donors (Lipinski definition) is 0. The van der Waals surface area contributed by atoms with Crippen molar-refractivity contribution in [3.05, 3.63) is 271 Å². The first-order valence-electron chi connectivity index (χ1n) is 23.6. The molecule has 68 heavy (non-hydrogen) atoms. The van der Waals surface area contributed by atoms with E-state index in [1.54, 1.807) is 0 Å². The van der Waals surface area contributed by atoms with Crippen molar-refractivity contribution < 1.29 is 4.42 Å². The molecular weight excluding hydrogens is 823 g/mol. The Labute approximate surface area is 396 Å². The Bertz CT molecular complexity index is 3840. The predicted molar refractivity (Wildman–Crippen MR) is 285 cm³/mol. The molecule has 1 aromatic heterocycles. The fourth-order valence-corrected chi connectivity index (χ4v) is 10.7.